The maximum Gasteiger partial charge on any atom is 0.311 e. The highest BCUT2D eigenvalue weighted by Crippen LogP contribution is 2.30. The van der Waals surface area contributed by atoms with Gasteiger partial charge in [-0.05, 0) is 24.1 Å². The quantitative estimate of drug-likeness (QED) is 0.875. The van der Waals surface area contributed by atoms with Gasteiger partial charge in [-0.3, -0.25) is 4.79 Å². The minimum absolute atomic E-state index is 0.0643. The average Bonchev–Trinajstić information content (AvgIpc) is 3.04. The van der Waals surface area contributed by atoms with Crippen molar-refractivity contribution in [2.75, 3.05) is 6.54 Å². The maximum absolute atomic E-state index is 12.3. The van der Waals surface area contributed by atoms with E-state index in [1.807, 2.05) is 48.5 Å². The molecule has 0 amide bonds. The fourth-order valence-corrected chi connectivity index (χ4v) is 2.80. The van der Waals surface area contributed by atoms with E-state index in [0.717, 1.165) is 24.1 Å². The molecule has 1 saturated heterocycles. The van der Waals surface area contributed by atoms with Gasteiger partial charge in [-0.2, -0.15) is 0 Å². The third kappa shape index (κ3) is 3.31. The van der Waals surface area contributed by atoms with Crippen molar-refractivity contribution >= 4 is 5.97 Å². The Kier molecular flexibility index (Phi) is 4.31. The summed E-state index contributed by atoms with van der Waals surface area (Å²) in [6.45, 7) is 1.20. The fourth-order valence-electron chi connectivity index (χ4n) is 2.80. The molecule has 2 atom stereocenters. The lowest BCUT2D eigenvalue weighted by Gasteiger charge is -2.18. The van der Waals surface area contributed by atoms with E-state index in [0.29, 0.717) is 6.61 Å². The van der Waals surface area contributed by atoms with Gasteiger partial charge in [0.2, 0.25) is 0 Å². The maximum atomic E-state index is 12.3. The summed E-state index contributed by atoms with van der Waals surface area (Å²) in [4.78, 5) is 12.3. The Morgan fingerprint density at radius 2 is 1.71 bits per heavy atom. The molecule has 21 heavy (non-hydrogen) atoms. The van der Waals surface area contributed by atoms with Crippen LogP contribution in [0.25, 0.3) is 0 Å². The molecule has 108 valence electrons. The Morgan fingerprint density at radius 1 is 1.05 bits per heavy atom. The van der Waals surface area contributed by atoms with Crippen molar-refractivity contribution in [1.29, 1.82) is 0 Å². The molecule has 1 aliphatic heterocycles. The first kappa shape index (κ1) is 13.8. The molecule has 1 heterocycles. The van der Waals surface area contributed by atoms with Gasteiger partial charge >= 0.3 is 5.97 Å². The molecule has 0 aromatic heterocycles. The minimum atomic E-state index is -0.113. The third-order valence-corrected chi connectivity index (χ3v) is 3.91. The zero-order valence-corrected chi connectivity index (χ0v) is 11.9. The van der Waals surface area contributed by atoms with Crippen molar-refractivity contribution in [3.05, 3.63) is 71.8 Å². The van der Waals surface area contributed by atoms with E-state index in [2.05, 4.69) is 17.4 Å². The Hall–Kier alpha value is -2.13. The van der Waals surface area contributed by atoms with Crippen LogP contribution in [0.3, 0.4) is 0 Å². The molecular formula is C18H19NO2. The summed E-state index contributed by atoms with van der Waals surface area (Å²) in [5, 5.41) is 3.40. The highest BCUT2D eigenvalue weighted by Gasteiger charge is 2.34. The van der Waals surface area contributed by atoms with Gasteiger partial charge in [0.1, 0.15) is 6.61 Å². The summed E-state index contributed by atoms with van der Waals surface area (Å²) in [6.07, 6.45) is 0.827. The van der Waals surface area contributed by atoms with E-state index in [9.17, 15) is 4.79 Å². The van der Waals surface area contributed by atoms with Gasteiger partial charge in [-0.15, -0.1) is 0 Å². The van der Waals surface area contributed by atoms with Crippen LogP contribution in [0.2, 0.25) is 0 Å². The van der Waals surface area contributed by atoms with Crippen molar-refractivity contribution < 1.29 is 9.53 Å². The molecule has 1 N–H and O–H groups in total. The average molecular weight is 281 g/mol. The molecule has 0 unspecified atom stereocenters. The van der Waals surface area contributed by atoms with E-state index in [1.165, 1.54) is 0 Å². The first-order chi connectivity index (χ1) is 10.3. The lowest BCUT2D eigenvalue weighted by atomic mass is 9.94. The molecule has 1 fully saturated rings. The topological polar surface area (TPSA) is 38.3 Å². The zero-order valence-electron chi connectivity index (χ0n) is 11.9. The molecule has 0 spiro atoms. The van der Waals surface area contributed by atoms with Gasteiger partial charge in [-0.1, -0.05) is 60.7 Å². The van der Waals surface area contributed by atoms with Crippen LogP contribution < -0.4 is 5.32 Å². The van der Waals surface area contributed by atoms with Crippen LogP contribution >= 0.6 is 0 Å². The first-order valence-electron chi connectivity index (χ1n) is 7.33. The minimum Gasteiger partial charge on any atom is -0.461 e. The van der Waals surface area contributed by atoms with Gasteiger partial charge in [0.25, 0.3) is 0 Å². The molecule has 0 saturated carbocycles. The molecule has 3 rings (SSSR count). The lowest BCUT2D eigenvalue weighted by molar-refractivity contribution is -0.150. The van der Waals surface area contributed by atoms with Gasteiger partial charge in [-0.25, -0.2) is 0 Å². The number of ether oxygens (including phenoxy) is 1. The van der Waals surface area contributed by atoms with Crippen LogP contribution in [0, 0.1) is 5.92 Å². The summed E-state index contributed by atoms with van der Waals surface area (Å²) >= 11 is 0. The molecule has 3 heteroatoms. The number of nitrogens with one attached hydrogen (secondary N) is 1. The van der Waals surface area contributed by atoms with E-state index >= 15 is 0 Å². The highest BCUT2D eigenvalue weighted by molar-refractivity contribution is 5.74. The second-order valence-corrected chi connectivity index (χ2v) is 5.33. The first-order valence-corrected chi connectivity index (χ1v) is 7.33. The Balaban J connectivity index is 1.64. The van der Waals surface area contributed by atoms with Crippen molar-refractivity contribution in [1.82, 2.24) is 5.32 Å². The molecule has 2 aromatic carbocycles. The van der Waals surface area contributed by atoms with E-state index in [1.54, 1.807) is 0 Å². The molecule has 0 bridgehead atoms. The van der Waals surface area contributed by atoms with Crippen LogP contribution in [0.15, 0.2) is 60.7 Å². The molecule has 0 aliphatic carbocycles. The van der Waals surface area contributed by atoms with Crippen molar-refractivity contribution in [3.63, 3.8) is 0 Å². The van der Waals surface area contributed by atoms with Crippen LogP contribution in [0.4, 0.5) is 0 Å². The highest BCUT2D eigenvalue weighted by atomic mass is 16.5. The number of benzene rings is 2. The number of carbonyl (C=O) groups excluding carboxylic acids is 1. The summed E-state index contributed by atoms with van der Waals surface area (Å²) in [6, 6.07) is 20.0. The lowest BCUT2D eigenvalue weighted by Crippen LogP contribution is -2.25. The molecule has 3 nitrogen and oxygen atoms in total. The standard InChI is InChI=1S/C18H19NO2/c20-18(21-13-14-7-3-1-4-8-14)16-11-12-19-17(16)15-9-5-2-6-10-15/h1-10,16-17,19H,11-13H2/t16-,17+/m0/s1. The monoisotopic (exact) mass is 281 g/mol. The van der Waals surface area contributed by atoms with Crippen LogP contribution in [0.1, 0.15) is 23.6 Å². The predicted molar refractivity (Wildman–Crippen MR) is 81.5 cm³/mol. The SMILES string of the molecule is O=C(OCc1ccccc1)[C@H]1CCN[C@@H]1c1ccccc1. The normalized spacial score (nSPS) is 21.1. The summed E-state index contributed by atoms with van der Waals surface area (Å²) in [5.41, 5.74) is 2.17. The fraction of sp³-hybridized carbons (Fsp3) is 0.278. The summed E-state index contributed by atoms with van der Waals surface area (Å²) in [7, 11) is 0. The van der Waals surface area contributed by atoms with Crippen molar-refractivity contribution in [2.24, 2.45) is 5.92 Å². The summed E-state index contributed by atoms with van der Waals surface area (Å²) < 4.78 is 5.48. The van der Waals surface area contributed by atoms with Crippen molar-refractivity contribution in [2.45, 2.75) is 19.1 Å². The third-order valence-electron chi connectivity index (χ3n) is 3.91. The Morgan fingerprint density at radius 3 is 2.43 bits per heavy atom. The van der Waals surface area contributed by atoms with Gasteiger partial charge in [0.05, 0.1) is 5.92 Å². The van der Waals surface area contributed by atoms with E-state index < -0.39 is 0 Å². The number of carbonyl (C=O) groups is 1. The zero-order chi connectivity index (χ0) is 14.5. The second kappa shape index (κ2) is 6.55. The second-order valence-electron chi connectivity index (χ2n) is 5.33. The Labute approximate surface area is 124 Å². The number of hydrogen-bond donors (Lipinski definition) is 1. The van der Waals surface area contributed by atoms with Crippen LogP contribution in [-0.4, -0.2) is 12.5 Å². The van der Waals surface area contributed by atoms with Gasteiger partial charge < -0.3 is 10.1 Å². The van der Waals surface area contributed by atoms with Crippen molar-refractivity contribution in [3.8, 4) is 0 Å². The molecule has 2 aromatic rings. The molecule has 0 radical (unpaired) electrons. The van der Waals surface area contributed by atoms with E-state index in [-0.39, 0.29) is 17.9 Å². The molecular weight excluding hydrogens is 262 g/mol. The smallest absolute Gasteiger partial charge is 0.311 e. The largest absolute Gasteiger partial charge is 0.461 e. The Bertz CT molecular complexity index is 583. The van der Waals surface area contributed by atoms with Crippen LogP contribution in [0.5, 0.6) is 0 Å². The van der Waals surface area contributed by atoms with Crippen LogP contribution in [-0.2, 0) is 16.1 Å². The number of esters is 1. The predicted octanol–water partition coefficient (Wildman–Crippen LogP) is 3.08. The van der Waals surface area contributed by atoms with E-state index in [4.69, 9.17) is 4.74 Å². The molecule has 1 aliphatic rings. The number of rotatable bonds is 4. The number of hydrogen-bond acceptors (Lipinski definition) is 3. The summed E-state index contributed by atoms with van der Waals surface area (Å²) in [5.74, 6) is -0.214. The van der Waals surface area contributed by atoms with Gasteiger partial charge in [0, 0.05) is 6.04 Å². The van der Waals surface area contributed by atoms with Gasteiger partial charge in [0.15, 0.2) is 0 Å².